The van der Waals surface area contributed by atoms with Gasteiger partial charge in [0.05, 0.1) is 5.69 Å². The van der Waals surface area contributed by atoms with Crippen molar-refractivity contribution in [3.8, 4) is 0 Å². The van der Waals surface area contributed by atoms with E-state index in [-0.39, 0.29) is 4.75 Å². The van der Waals surface area contributed by atoms with Crippen LogP contribution in [-0.2, 0) is 6.54 Å². The van der Waals surface area contributed by atoms with Crippen LogP contribution in [0.1, 0.15) is 33.4 Å². The van der Waals surface area contributed by atoms with Crippen molar-refractivity contribution in [3.05, 3.63) is 30.1 Å². The van der Waals surface area contributed by atoms with Gasteiger partial charge in [-0.2, -0.15) is 0 Å². The maximum atomic E-state index is 4.74. The summed E-state index contributed by atoms with van der Waals surface area (Å²) < 4.78 is 2.36. The highest BCUT2D eigenvalue weighted by molar-refractivity contribution is 8.00. The number of nitrogens with one attached hydrogen (secondary N) is 1. The second kappa shape index (κ2) is 5.33. The van der Waals surface area contributed by atoms with Gasteiger partial charge in [0.1, 0.15) is 10.7 Å². The Bertz CT molecular complexity index is 525. The minimum atomic E-state index is 0.179. The van der Waals surface area contributed by atoms with E-state index in [1.54, 1.807) is 0 Å². The van der Waals surface area contributed by atoms with E-state index >= 15 is 0 Å². The maximum Gasteiger partial charge on any atom is 0.138 e. The predicted molar refractivity (Wildman–Crippen MR) is 78.2 cm³/mol. The highest BCUT2D eigenvalue weighted by Crippen LogP contribution is 2.33. The van der Waals surface area contributed by atoms with E-state index in [0.717, 1.165) is 23.8 Å². The van der Waals surface area contributed by atoms with Crippen molar-refractivity contribution in [2.75, 3.05) is 6.54 Å². The Balaban J connectivity index is 2.43. The summed E-state index contributed by atoms with van der Waals surface area (Å²) in [5, 5.41) is 4.53. The molecule has 2 aromatic rings. The normalized spacial score (nSPS) is 12.2. The zero-order valence-electron chi connectivity index (χ0n) is 11.5. The van der Waals surface area contributed by atoms with Gasteiger partial charge in [0, 0.05) is 17.5 Å². The molecule has 0 saturated heterocycles. The molecule has 0 aliphatic heterocycles. The van der Waals surface area contributed by atoms with Gasteiger partial charge in [0.2, 0.25) is 0 Å². The Morgan fingerprint density at radius 2 is 2.11 bits per heavy atom. The molecule has 0 atom stereocenters. The fourth-order valence-electron chi connectivity index (χ4n) is 1.80. The number of hydrogen-bond acceptors (Lipinski definition) is 3. The molecule has 0 aromatic carbocycles. The standard InChI is InChI=1S/C14H21N3S/c1-5-15-10-11-13(18-14(2,3)4)16-12-8-6-7-9-17(11)12/h6-9,15H,5,10H2,1-4H3. The average molecular weight is 263 g/mol. The van der Waals surface area contributed by atoms with Crippen molar-refractivity contribution >= 4 is 17.4 Å². The van der Waals surface area contributed by atoms with Gasteiger partial charge in [0.25, 0.3) is 0 Å². The lowest BCUT2D eigenvalue weighted by Crippen LogP contribution is -2.15. The molecular weight excluding hydrogens is 242 g/mol. The van der Waals surface area contributed by atoms with E-state index in [0.29, 0.717) is 0 Å². The van der Waals surface area contributed by atoms with Gasteiger partial charge in [-0.05, 0) is 18.7 Å². The molecule has 0 aliphatic rings. The lowest BCUT2D eigenvalue weighted by atomic mass is 10.3. The van der Waals surface area contributed by atoms with Gasteiger partial charge in [-0.1, -0.05) is 45.5 Å². The highest BCUT2D eigenvalue weighted by atomic mass is 32.2. The SMILES string of the molecule is CCNCc1c(SC(C)(C)C)nc2ccccn12. The third kappa shape index (κ3) is 3.06. The first-order chi connectivity index (χ1) is 8.51. The van der Waals surface area contributed by atoms with Crippen LogP contribution in [0.4, 0.5) is 0 Å². The van der Waals surface area contributed by atoms with Crippen molar-refractivity contribution in [1.82, 2.24) is 14.7 Å². The highest BCUT2D eigenvalue weighted by Gasteiger charge is 2.19. The number of pyridine rings is 1. The van der Waals surface area contributed by atoms with Crippen LogP contribution >= 0.6 is 11.8 Å². The summed E-state index contributed by atoms with van der Waals surface area (Å²) in [5.74, 6) is 0. The summed E-state index contributed by atoms with van der Waals surface area (Å²) in [6, 6.07) is 6.14. The number of thioether (sulfide) groups is 1. The zero-order valence-corrected chi connectivity index (χ0v) is 12.3. The van der Waals surface area contributed by atoms with Gasteiger partial charge in [-0.25, -0.2) is 4.98 Å². The van der Waals surface area contributed by atoms with E-state index in [4.69, 9.17) is 4.98 Å². The van der Waals surface area contributed by atoms with Crippen LogP contribution in [-0.4, -0.2) is 20.7 Å². The molecule has 3 nitrogen and oxygen atoms in total. The van der Waals surface area contributed by atoms with E-state index in [1.807, 2.05) is 17.8 Å². The van der Waals surface area contributed by atoms with E-state index in [1.165, 1.54) is 5.69 Å². The lowest BCUT2D eigenvalue weighted by Gasteiger charge is -2.16. The molecule has 0 unspecified atom stereocenters. The average Bonchev–Trinajstić information content (AvgIpc) is 2.61. The fourth-order valence-corrected chi connectivity index (χ4v) is 2.81. The smallest absolute Gasteiger partial charge is 0.138 e. The number of nitrogens with zero attached hydrogens (tertiary/aromatic N) is 2. The summed E-state index contributed by atoms with van der Waals surface area (Å²) in [5.41, 5.74) is 2.28. The Kier molecular flexibility index (Phi) is 3.97. The summed E-state index contributed by atoms with van der Waals surface area (Å²) in [7, 11) is 0. The number of hydrogen-bond donors (Lipinski definition) is 1. The van der Waals surface area contributed by atoms with Gasteiger partial charge in [0.15, 0.2) is 0 Å². The first kappa shape index (κ1) is 13.4. The Hall–Kier alpha value is -1.00. The molecule has 0 bridgehead atoms. The van der Waals surface area contributed by atoms with Gasteiger partial charge in [-0.3, -0.25) is 0 Å². The van der Waals surface area contributed by atoms with E-state index < -0.39 is 0 Å². The Morgan fingerprint density at radius 1 is 1.33 bits per heavy atom. The summed E-state index contributed by atoms with van der Waals surface area (Å²) in [6.07, 6.45) is 2.09. The molecule has 98 valence electrons. The number of rotatable bonds is 4. The molecule has 1 N–H and O–H groups in total. The van der Waals surface area contributed by atoms with Crippen molar-refractivity contribution in [3.63, 3.8) is 0 Å². The van der Waals surface area contributed by atoms with E-state index in [2.05, 4.69) is 55.7 Å². The molecule has 4 heteroatoms. The third-order valence-electron chi connectivity index (χ3n) is 2.54. The monoisotopic (exact) mass is 263 g/mol. The molecule has 0 spiro atoms. The predicted octanol–water partition coefficient (Wildman–Crippen LogP) is 3.33. The molecule has 2 heterocycles. The van der Waals surface area contributed by atoms with Gasteiger partial charge < -0.3 is 9.72 Å². The minimum Gasteiger partial charge on any atom is -0.311 e. The van der Waals surface area contributed by atoms with Crippen LogP contribution < -0.4 is 5.32 Å². The van der Waals surface area contributed by atoms with Crippen LogP contribution in [0, 0.1) is 0 Å². The van der Waals surface area contributed by atoms with Crippen LogP contribution in [0.25, 0.3) is 5.65 Å². The largest absolute Gasteiger partial charge is 0.311 e. The van der Waals surface area contributed by atoms with Crippen LogP contribution in [0.5, 0.6) is 0 Å². The quantitative estimate of drug-likeness (QED) is 0.858. The van der Waals surface area contributed by atoms with Crippen LogP contribution in [0.3, 0.4) is 0 Å². The maximum absolute atomic E-state index is 4.74. The molecular formula is C14H21N3S. The van der Waals surface area contributed by atoms with E-state index in [9.17, 15) is 0 Å². The third-order valence-corrected chi connectivity index (χ3v) is 3.67. The molecule has 0 radical (unpaired) electrons. The van der Waals surface area contributed by atoms with Crippen LogP contribution in [0.2, 0.25) is 0 Å². The van der Waals surface area contributed by atoms with Gasteiger partial charge >= 0.3 is 0 Å². The lowest BCUT2D eigenvalue weighted by molar-refractivity contribution is 0.692. The number of imidazole rings is 1. The van der Waals surface area contributed by atoms with Crippen LogP contribution in [0.15, 0.2) is 29.4 Å². The van der Waals surface area contributed by atoms with Crippen molar-refractivity contribution < 1.29 is 0 Å². The second-order valence-electron chi connectivity index (χ2n) is 5.29. The molecule has 0 amide bonds. The summed E-state index contributed by atoms with van der Waals surface area (Å²) in [6.45, 7) is 10.6. The van der Waals surface area contributed by atoms with Crippen molar-refractivity contribution in [2.24, 2.45) is 0 Å². The molecule has 2 rings (SSSR count). The molecule has 18 heavy (non-hydrogen) atoms. The summed E-state index contributed by atoms with van der Waals surface area (Å²) in [4.78, 5) is 4.74. The number of fused-ring (bicyclic) bond motifs is 1. The van der Waals surface area contributed by atoms with Crippen molar-refractivity contribution in [2.45, 2.75) is 44.0 Å². The first-order valence-corrected chi connectivity index (χ1v) is 7.18. The Morgan fingerprint density at radius 3 is 2.78 bits per heavy atom. The minimum absolute atomic E-state index is 0.179. The number of aromatic nitrogens is 2. The molecule has 0 fully saturated rings. The summed E-state index contributed by atoms with van der Waals surface area (Å²) >= 11 is 1.83. The van der Waals surface area contributed by atoms with Gasteiger partial charge in [-0.15, -0.1) is 0 Å². The molecule has 0 aliphatic carbocycles. The zero-order chi connectivity index (χ0) is 13.2. The van der Waals surface area contributed by atoms with Crippen molar-refractivity contribution in [1.29, 1.82) is 0 Å². The fraction of sp³-hybridized carbons (Fsp3) is 0.500. The molecule has 0 saturated carbocycles. The topological polar surface area (TPSA) is 29.3 Å². The second-order valence-corrected chi connectivity index (χ2v) is 7.10. The first-order valence-electron chi connectivity index (χ1n) is 6.37. The Labute approximate surface area is 113 Å². The molecule has 2 aromatic heterocycles.